The Morgan fingerprint density at radius 1 is 1.16 bits per heavy atom. The maximum absolute atomic E-state index is 9.17. The minimum Gasteiger partial charge on any atom is -0.396 e. The van der Waals surface area contributed by atoms with Crippen LogP contribution in [0.4, 0.5) is 11.6 Å². The fraction of sp³-hybridized carbons (Fsp3) is 0.375. The number of nitrogens with two attached hydrogens (primary N) is 1. The largest absolute Gasteiger partial charge is 0.396 e. The molecule has 2 aliphatic rings. The predicted molar refractivity (Wildman–Crippen MR) is 127 cm³/mol. The monoisotopic (exact) mass is 449 g/mol. The Morgan fingerprint density at radius 3 is 2.81 bits per heavy atom. The number of hydrogen-bond acceptors (Lipinski definition) is 8. The van der Waals surface area contributed by atoms with Crippen LogP contribution in [0.15, 0.2) is 47.5 Å². The highest BCUT2D eigenvalue weighted by atomic mass is 32.2. The number of thioether (sulfide) groups is 1. The molecule has 166 valence electrons. The van der Waals surface area contributed by atoms with E-state index < -0.39 is 0 Å². The van der Waals surface area contributed by atoms with E-state index in [9.17, 15) is 5.11 Å². The number of aliphatic hydroxyl groups excluding tert-OH is 1. The molecule has 0 aliphatic carbocycles. The highest BCUT2D eigenvalue weighted by Gasteiger charge is 2.31. The van der Waals surface area contributed by atoms with Gasteiger partial charge in [0.15, 0.2) is 5.82 Å². The van der Waals surface area contributed by atoms with Crippen molar-refractivity contribution in [1.29, 1.82) is 0 Å². The first-order chi connectivity index (χ1) is 15.7. The van der Waals surface area contributed by atoms with Crippen molar-refractivity contribution in [2.45, 2.75) is 29.4 Å². The van der Waals surface area contributed by atoms with Crippen LogP contribution in [0.2, 0.25) is 0 Å². The van der Waals surface area contributed by atoms with Crippen molar-refractivity contribution in [2.24, 2.45) is 0 Å². The van der Waals surface area contributed by atoms with Crippen LogP contribution in [0, 0.1) is 0 Å². The molecule has 5 rings (SSSR count). The number of aromatic nitrogens is 3. The van der Waals surface area contributed by atoms with Gasteiger partial charge in [0.05, 0.1) is 23.8 Å². The van der Waals surface area contributed by atoms with Crippen molar-refractivity contribution >= 4 is 23.4 Å². The third-order valence-electron chi connectivity index (χ3n) is 5.86. The molecule has 2 aromatic heterocycles. The lowest BCUT2D eigenvalue weighted by Crippen LogP contribution is -2.37. The number of anilines is 2. The van der Waals surface area contributed by atoms with E-state index in [2.05, 4.69) is 34.1 Å². The van der Waals surface area contributed by atoms with Crippen LogP contribution in [-0.2, 0) is 17.6 Å². The summed E-state index contributed by atoms with van der Waals surface area (Å²) in [7, 11) is 0. The molecule has 2 aliphatic heterocycles. The predicted octanol–water partition coefficient (Wildman–Crippen LogP) is 3.27. The first kappa shape index (κ1) is 21.2. The first-order valence-corrected chi connectivity index (χ1v) is 11.9. The summed E-state index contributed by atoms with van der Waals surface area (Å²) in [6.07, 6.45) is 4.28. The first-order valence-electron chi connectivity index (χ1n) is 11.0. The van der Waals surface area contributed by atoms with E-state index in [1.54, 1.807) is 12.3 Å². The molecule has 3 aromatic rings. The number of fused-ring (bicyclic) bond motifs is 1. The smallest absolute Gasteiger partial charge is 0.163 e. The Hall–Kier alpha value is -2.68. The van der Waals surface area contributed by atoms with Gasteiger partial charge in [-0.15, -0.1) is 11.8 Å². The Kier molecular flexibility index (Phi) is 6.25. The molecule has 1 atom stereocenters. The Labute approximate surface area is 192 Å². The number of ether oxygens (including phenoxy) is 1. The molecule has 3 N–H and O–H groups in total. The number of aryl methyl sites for hydroxylation is 1. The van der Waals surface area contributed by atoms with Gasteiger partial charge in [0.1, 0.15) is 11.6 Å². The van der Waals surface area contributed by atoms with Crippen LogP contribution in [-0.4, -0.2) is 53.0 Å². The molecular formula is C24H27N5O2S. The molecule has 1 saturated heterocycles. The summed E-state index contributed by atoms with van der Waals surface area (Å²) in [4.78, 5) is 17.6. The maximum Gasteiger partial charge on any atom is 0.163 e. The molecule has 0 saturated carbocycles. The fourth-order valence-electron chi connectivity index (χ4n) is 4.18. The van der Waals surface area contributed by atoms with Gasteiger partial charge in [0.25, 0.3) is 0 Å². The molecule has 1 unspecified atom stereocenters. The SMILES string of the molecule is Nc1ccc(-c2nc3c(c(N4CCOCC4)n2)SC(c2cccc(CCCO)c2)C3)cn1. The number of hydrogen-bond donors (Lipinski definition) is 2. The van der Waals surface area contributed by atoms with Crippen molar-refractivity contribution in [1.82, 2.24) is 15.0 Å². The van der Waals surface area contributed by atoms with Gasteiger partial charge in [0.2, 0.25) is 0 Å². The van der Waals surface area contributed by atoms with Gasteiger partial charge in [-0.25, -0.2) is 15.0 Å². The van der Waals surface area contributed by atoms with Crippen molar-refractivity contribution < 1.29 is 9.84 Å². The Morgan fingerprint density at radius 2 is 2.03 bits per heavy atom. The Bertz CT molecular complexity index is 1090. The van der Waals surface area contributed by atoms with E-state index in [0.29, 0.717) is 30.1 Å². The molecule has 4 heterocycles. The van der Waals surface area contributed by atoms with Crippen LogP contribution in [0.25, 0.3) is 11.4 Å². The molecule has 7 nitrogen and oxygen atoms in total. The van der Waals surface area contributed by atoms with Crippen LogP contribution in [0.3, 0.4) is 0 Å². The van der Waals surface area contributed by atoms with Gasteiger partial charge in [-0.1, -0.05) is 24.3 Å². The van der Waals surface area contributed by atoms with Gasteiger partial charge in [-0.3, -0.25) is 0 Å². The summed E-state index contributed by atoms with van der Waals surface area (Å²) in [6.45, 7) is 3.28. The minimum absolute atomic E-state index is 0.217. The van der Waals surface area contributed by atoms with Gasteiger partial charge in [-0.2, -0.15) is 0 Å². The summed E-state index contributed by atoms with van der Waals surface area (Å²) in [5.74, 6) is 2.17. The quantitative estimate of drug-likeness (QED) is 0.592. The topological polar surface area (TPSA) is 97.4 Å². The zero-order valence-electron chi connectivity index (χ0n) is 17.9. The van der Waals surface area contributed by atoms with Gasteiger partial charge in [-0.05, 0) is 36.1 Å². The summed E-state index contributed by atoms with van der Waals surface area (Å²) in [5, 5.41) is 9.47. The number of aliphatic hydroxyl groups is 1. The zero-order chi connectivity index (χ0) is 21.9. The number of nitrogen functional groups attached to an aromatic ring is 1. The van der Waals surface area contributed by atoms with Crippen molar-refractivity contribution in [3.63, 3.8) is 0 Å². The number of nitrogens with zero attached hydrogens (tertiary/aromatic N) is 4. The number of pyridine rings is 1. The number of benzene rings is 1. The summed E-state index contributed by atoms with van der Waals surface area (Å²) >= 11 is 1.86. The van der Waals surface area contributed by atoms with Gasteiger partial charge < -0.3 is 20.5 Å². The van der Waals surface area contributed by atoms with Crippen LogP contribution >= 0.6 is 11.8 Å². The summed E-state index contributed by atoms with van der Waals surface area (Å²) in [6, 6.07) is 12.4. The average Bonchev–Trinajstić information content (AvgIpc) is 3.28. The normalized spacial score (nSPS) is 18.0. The summed E-state index contributed by atoms with van der Waals surface area (Å²) < 4.78 is 5.57. The Balaban J connectivity index is 1.49. The maximum atomic E-state index is 9.17. The third-order valence-corrected chi connectivity index (χ3v) is 7.24. The van der Waals surface area contributed by atoms with Gasteiger partial charge in [0, 0.05) is 43.1 Å². The van der Waals surface area contributed by atoms with E-state index in [1.807, 2.05) is 17.8 Å². The number of morpholine rings is 1. The van der Waals surface area contributed by atoms with Crippen molar-refractivity contribution in [3.8, 4) is 11.4 Å². The highest BCUT2D eigenvalue weighted by molar-refractivity contribution is 8.00. The van der Waals surface area contributed by atoms with E-state index in [-0.39, 0.29) is 6.61 Å². The lowest BCUT2D eigenvalue weighted by atomic mass is 10.0. The van der Waals surface area contributed by atoms with Crippen LogP contribution in [0.5, 0.6) is 0 Å². The molecule has 1 aromatic carbocycles. The lowest BCUT2D eigenvalue weighted by molar-refractivity contribution is 0.122. The number of rotatable bonds is 6. The third kappa shape index (κ3) is 4.44. The van der Waals surface area contributed by atoms with E-state index in [0.717, 1.165) is 49.4 Å². The molecule has 0 bridgehead atoms. The second-order valence-electron chi connectivity index (χ2n) is 8.10. The second kappa shape index (κ2) is 9.44. The highest BCUT2D eigenvalue weighted by Crippen LogP contribution is 2.50. The molecule has 32 heavy (non-hydrogen) atoms. The lowest BCUT2D eigenvalue weighted by Gasteiger charge is -2.29. The molecule has 8 heteroatoms. The second-order valence-corrected chi connectivity index (χ2v) is 9.31. The minimum atomic E-state index is 0.217. The van der Waals surface area contributed by atoms with E-state index >= 15 is 0 Å². The van der Waals surface area contributed by atoms with Crippen LogP contribution in [0.1, 0.15) is 28.5 Å². The standard InChI is InChI=1S/C24H27N5O2S/c25-21-7-6-18(15-26-21)23-27-19-14-20(17-5-1-3-16(13-17)4-2-10-30)32-22(19)24(28-23)29-8-11-31-12-9-29/h1,3,5-7,13,15,20,30H,2,4,8-12,14H2,(H2,25,26). The van der Waals surface area contributed by atoms with Crippen LogP contribution < -0.4 is 10.6 Å². The van der Waals surface area contributed by atoms with Gasteiger partial charge >= 0.3 is 0 Å². The fourth-order valence-corrected chi connectivity index (χ4v) is 5.53. The summed E-state index contributed by atoms with van der Waals surface area (Å²) in [5.41, 5.74) is 10.3. The van der Waals surface area contributed by atoms with Crippen molar-refractivity contribution in [3.05, 3.63) is 59.4 Å². The van der Waals surface area contributed by atoms with Crippen molar-refractivity contribution in [2.75, 3.05) is 43.5 Å². The molecule has 0 radical (unpaired) electrons. The molecule has 0 spiro atoms. The molecule has 1 fully saturated rings. The van der Waals surface area contributed by atoms with E-state index in [4.69, 9.17) is 20.4 Å². The zero-order valence-corrected chi connectivity index (χ0v) is 18.7. The molecule has 0 amide bonds. The molecular weight excluding hydrogens is 422 g/mol. The average molecular weight is 450 g/mol. The van der Waals surface area contributed by atoms with E-state index in [1.165, 1.54) is 16.0 Å².